The van der Waals surface area contributed by atoms with E-state index >= 15 is 0 Å². The molecule has 0 radical (unpaired) electrons. The highest BCUT2D eigenvalue weighted by atomic mass is 32.1. The molecular weight excluding hydrogens is 285 g/mol. The molecule has 20 heavy (non-hydrogen) atoms. The van der Waals surface area contributed by atoms with Crippen LogP contribution in [0.25, 0.3) is 16.7 Å². The summed E-state index contributed by atoms with van der Waals surface area (Å²) < 4.78 is 41.9. The fourth-order valence-electron chi connectivity index (χ4n) is 2.20. The molecule has 6 heteroatoms. The molecule has 3 aromatic rings. The van der Waals surface area contributed by atoms with E-state index in [-0.39, 0.29) is 10.5 Å². The molecule has 0 spiro atoms. The lowest BCUT2D eigenvalue weighted by Crippen LogP contribution is -2.02. The standard InChI is InChI=1S/C14H9F3N2S/c1-7-3-2-4-10-13(7)18-14(20)19(10)9-6-5-8(15)11(16)12(9)17/h2-6H,1H3,(H,18,20). The van der Waals surface area contributed by atoms with E-state index in [4.69, 9.17) is 12.2 Å². The van der Waals surface area contributed by atoms with Crippen LogP contribution >= 0.6 is 12.2 Å². The Morgan fingerprint density at radius 3 is 2.55 bits per heavy atom. The lowest BCUT2D eigenvalue weighted by Gasteiger charge is -2.07. The van der Waals surface area contributed by atoms with Crippen LogP contribution in [0.2, 0.25) is 0 Å². The van der Waals surface area contributed by atoms with Crippen molar-refractivity contribution in [2.75, 3.05) is 0 Å². The maximum Gasteiger partial charge on any atom is 0.196 e. The molecule has 0 unspecified atom stereocenters. The van der Waals surface area contributed by atoms with Gasteiger partial charge in [-0.15, -0.1) is 0 Å². The maximum atomic E-state index is 13.9. The van der Waals surface area contributed by atoms with E-state index in [9.17, 15) is 13.2 Å². The van der Waals surface area contributed by atoms with Gasteiger partial charge in [-0.3, -0.25) is 4.57 Å². The molecule has 0 fully saturated rings. The third-order valence-electron chi connectivity index (χ3n) is 3.18. The van der Waals surface area contributed by atoms with Gasteiger partial charge in [0.1, 0.15) is 0 Å². The van der Waals surface area contributed by atoms with Gasteiger partial charge in [-0.1, -0.05) is 12.1 Å². The molecule has 1 aromatic heterocycles. The van der Waals surface area contributed by atoms with Gasteiger partial charge >= 0.3 is 0 Å². The zero-order valence-electron chi connectivity index (χ0n) is 10.4. The number of imidazole rings is 1. The highest BCUT2D eigenvalue weighted by molar-refractivity contribution is 7.71. The molecule has 0 saturated carbocycles. The van der Waals surface area contributed by atoms with Crippen LogP contribution in [-0.4, -0.2) is 9.55 Å². The predicted molar refractivity (Wildman–Crippen MR) is 73.1 cm³/mol. The quantitative estimate of drug-likeness (QED) is 0.520. The number of fused-ring (bicyclic) bond motifs is 1. The number of para-hydroxylation sites is 1. The van der Waals surface area contributed by atoms with Gasteiger partial charge < -0.3 is 4.98 Å². The van der Waals surface area contributed by atoms with Crippen molar-refractivity contribution in [1.82, 2.24) is 9.55 Å². The second-order valence-electron chi connectivity index (χ2n) is 4.43. The number of nitrogens with one attached hydrogen (secondary N) is 1. The summed E-state index contributed by atoms with van der Waals surface area (Å²) in [6.45, 7) is 1.87. The zero-order valence-corrected chi connectivity index (χ0v) is 11.2. The minimum Gasteiger partial charge on any atom is -0.330 e. The number of hydrogen-bond donors (Lipinski definition) is 1. The molecule has 0 bridgehead atoms. The zero-order chi connectivity index (χ0) is 14.4. The minimum absolute atomic E-state index is 0.120. The summed E-state index contributed by atoms with van der Waals surface area (Å²) in [6.07, 6.45) is 0. The molecule has 2 nitrogen and oxygen atoms in total. The van der Waals surface area contributed by atoms with Crippen LogP contribution in [0.3, 0.4) is 0 Å². The van der Waals surface area contributed by atoms with Crippen LogP contribution in [0.1, 0.15) is 5.56 Å². The summed E-state index contributed by atoms with van der Waals surface area (Å²) in [5.74, 6) is -4.00. The topological polar surface area (TPSA) is 20.7 Å². The van der Waals surface area contributed by atoms with Crippen molar-refractivity contribution in [3.05, 3.63) is 58.1 Å². The first-order chi connectivity index (χ1) is 9.50. The Morgan fingerprint density at radius 2 is 1.80 bits per heavy atom. The molecule has 0 aliphatic rings. The van der Waals surface area contributed by atoms with Gasteiger partial charge in [0, 0.05) is 0 Å². The molecule has 1 N–H and O–H groups in total. The van der Waals surface area contributed by atoms with E-state index in [1.54, 1.807) is 12.1 Å². The first-order valence-electron chi connectivity index (χ1n) is 5.85. The third kappa shape index (κ3) is 1.76. The van der Waals surface area contributed by atoms with Gasteiger partial charge in [0.2, 0.25) is 0 Å². The van der Waals surface area contributed by atoms with Gasteiger partial charge in [-0.05, 0) is 42.9 Å². The highest BCUT2D eigenvalue weighted by Gasteiger charge is 2.17. The van der Waals surface area contributed by atoms with Crippen molar-refractivity contribution in [3.63, 3.8) is 0 Å². The normalized spacial score (nSPS) is 11.2. The van der Waals surface area contributed by atoms with E-state index < -0.39 is 17.5 Å². The maximum absolute atomic E-state index is 13.9. The molecule has 2 aromatic carbocycles. The molecule has 0 amide bonds. The minimum atomic E-state index is -1.51. The van der Waals surface area contributed by atoms with Gasteiger partial charge in [0.25, 0.3) is 0 Å². The van der Waals surface area contributed by atoms with Crippen LogP contribution in [0, 0.1) is 29.1 Å². The summed E-state index contributed by atoms with van der Waals surface area (Å²) in [4.78, 5) is 2.95. The van der Waals surface area contributed by atoms with Crippen molar-refractivity contribution in [3.8, 4) is 5.69 Å². The van der Waals surface area contributed by atoms with Crippen molar-refractivity contribution in [2.45, 2.75) is 6.92 Å². The summed E-state index contributed by atoms with van der Waals surface area (Å²) in [6, 6.07) is 7.44. The fraction of sp³-hybridized carbons (Fsp3) is 0.0714. The average molecular weight is 294 g/mol. The number of hydrogen-bond acceptors (Lipinski definition) is 1. The van der Waals surface area contributed by atoms with Crippen LogP contribution in [0.4, 0.5) is 13.2 Å². The van der Waals surface area contributed by atoms with Gasteiger partial charge in [0.05, 0.1) is 16.7 Å². The van der Waals surface area contributed by atoms with Crippen LogP contribution in [0.15, 0.2) is 30.3 Å². The first kappa shape index (κ1) is 12.9. The van der Waals surface area contributed by atoms with E-state index in [0.717, 1.165) is 17.1 Å². The number of H-pyrrole nitrogens is 1. The second-order valence-corrected chi connectivity index (χ2v) is 4.82. The number of nitrogens with zero attached hydrogens (tertiary/aromatic N) is 1. The summed E-state index contributed by atoms with van der Waals surface area (Å²) in [5.41, 5.74) is 2.16. The Hall–Kier alpha value is -2.08. The Labute approximate surface area is 117 Å². The molecule has 0 atom stereocenters. The largest absolute Gasteiger partial charge is 0.330 e. The monoisotopic (exact) mass is 294 g/mol. The molecule has 3 rings (SSSR count). The summed E-state index contributed by atoms with van der Waals surface area (Å²) >= 11 is 5.15. The van der Waals surface area contributed by atoms with Crippen LogP contribution in [-0.2, 0) is 0 Å². The lowest BCUT2D eigenvalue weighted by molar-refractivity contribution is 0.445. The number of halogens is 3. The fourth-order valence-corrected chi connectivity index (χ4v) is 2.50. The Morgan fingerprint density at radius 1 is 1.05 bits per heavy atom. The van der Waals surface area contributed by atoms with Gasteiger partial charge in [0.15, 0.2) is 22.2 Å². The predicted octanol–water partition coefficient (Wildman–Crippen LogP) is 4.41. The molecule has 0 aliphatic heterocycles. The number of aryl methyl sites for hydroxylation is 1. The molecule has 0 saturated heterocycles. The number of rotatable bonds is 1. The van der Waals surface area contributed by atoms with Crippen LogP contribution in [0.5, 0.6) is 0 Å². The lowest BCUT2D eigenvalue weighted by atomic mass is 10.2. The third-order valence-corrected chi connectivity index (χ3v) is 3.47. The van der Waals surface area contributed by atoms with Crippen molar-refractivity contribution in [2.24, 2.45) is 0 Å². The second kappa shape index (κ2) is 4.49. The van der Waals surface area contributed by atoms with E-state index in [2.05, 4.69) is 4.98 Å². The highest BCUT2D eigenvalue weighted by Crippen LogP contribution is 2.25. The average Bonchev–Trinajstić information content (AvgIpc) is 2.75. The number of aromatic nitrogens is 2. The summed E-state index contributed by atoms with van der Waals surface area (Å²) in [5, 5.41) is 0. The molecule has 1 heterocycles. The van der Waals surface area contributed by atoms with Gasteiger partial charge in [-0.2, -0.15) is 0 Å². The smallest absolute Gasteiger partial charge is 0.196 e. The Kier molecular flexibility index (Phi) is 2.90. The number of benzene rings is 2. The molecule has 0 aliphatic carbocycles. The van der Waals surface area contributed by atoms with E-state index in [1.165, 1.54) is 10.6 Å². The van der Waals surface area contributed by atoms with E-state index in [1.807, 2.05) is 13.0 Å². The van der Waals surface area contributed by atoms with Gasteiger partial charge in [-0.25, -0.2) is 13.2 Å². The molecule has 102 valence electrons. The van der Waals surface area contributed by atoms with Crippen molar-refractivity contribution >= 4 is 23.3 Å². The first-order valence-corrected chi connectivity index (χ1v) is 6.25. The van der Waals surface area contributed by atoms with E-state index in [0.29, 0.717) is 5.52 Å². The van der Waals surface area contributed by atoms with Crippen molar-refractivity contribution in [1.29, 1.82) is 0 Å². The number of aromatic amines is 1. The van der Waals surface area contributed by atoms with Crippen LogP contribution < -0.4 is 0 Å². The Bertz CT molecular complexity index is 880. The Balaban J connectivity index is 2.42. The van der Waals surface area contributed by atoms with Crippen molar-refractivity contribution < 1.29 is 13.2 Å². The molecular formula is C14H9F3N2S. The summed E-state index contributed by atoms with van der Waals surface area (Å²) in [7, 11) is 0. The SMILES string of the molecule is Cc1cccc2c1[nH]c(=S)n2-c1ccc(F)c(F)c1F.